The van der Waals surface area contributed by atoms with Crippen LogP contribution in [0.4, 0.5) is 13.2 Å². The van der Waals surface area contributed by atoms with Gasteiger partial charge < -0.3 is 0 Å². The van der Waals surface area contributed by atoms with E-state index in [1.54, 1.807) is 0 Å². The van der Waals surface area contributed by atoms with E-state index in [2.05, 4.69) is 4.72 Å². The molecule has 0 saturated carbocycles. The van der Waals surface area contributed by atoms with Crippen molar-refractivity contribution in [1.29, 1.82) is 0 Å². The normalized spacial score (nSPS) is 13.1. The summed E-state index contributed by atoms with van der Waals surface area (Å²) in [6.07, 6.45) is 0. The van der Waals surface area contributed by atoms with Gasteiger partial charge in [0.25, 0.3) is 0 Å². The Morgan fingerprint density at radius 2 is 1.59 bits per heavy atom. The maximum Gasteiger partial charge on any atom is 0.216 e. The van der Waals surface area contributed by atoms with E-state index in [0.29, 0.717) is 11.6 Å². The van der Waals surface area contributed by atoms with Gasteiger partial charge in [-0.3, -0.25) is 0 Å². The third-order valence-corrected chi connectivity index (χ3v) is 4.48. The molecule has 22 heavy (non-hydrogen) atoms. The third kappa shape index (κ3) is 4.32. The lowest BCUT2D eigenvalue weighted by Gasteiger charge is -2.15. The number of nitrogens with one attached hydrogen (secondary N) is 1. The Labute approximate surface area is 126 Å². The molecule has 3 nitrogen and oxygen atoms in total. The Morgan fingerprint density at radius 1 is 1.00 bits per heavy atom. The van der Waals surface area contributed by atoms with Crippen molar-refractivity contribution in [3.05, 3.63) is 71.0 Å². The lowest BCUT2D eigenvalue weighted by atomic mass is 10.1. The first kappa shape index (κ1) is 16.5. The van der Waals surface area contributed by atoms with Gasteiger partial charge in [0.2, 0.25) is 10.0 Å². The highest BCUT2D eigenvalue weighted by Gasteiger charge is 2.19. The molecule has 0 aliphatic rings. The maximum absolute atomic E-state index is 13.6. The highest BCUT2D eigenvalue weighted by molar-refractivity contribution is 7.88. The van der Waals surface area contributed by atoms with Gasteiger partial charge in [0, 0.05) is 17.7 Å². The van der Waals surface area contributed by atoms with Crippen molar-refractivity contribution < 1.29 is 21.6 Å². The van der Waals surface area contributed by atoms with Crippen LogP contribution in [-0.2, 0) is 15.8 Å². The zero-order valence-corrected chi connectivity index (χ0v) is 12.5. The van der Waals surface area contributed by atoms with Crippen LogP contribution in [0, 0.1) is 17.5 Å². The van der Waals surface area contributed by atoms with Crippen molar-refractivity contribution in [2.24, 2.45) is 0 Å². The maximum atomic E-state index is 13.6. The molecular formula is C15H14F3NO2S. The molecule has 0 fully saturated rings. The Morgan fingerprint density at radius 3 is 2.18 bits per heavy atom. The van der Waals surface area contributed by atoms with Gasteiger partial charge in [-0.1, -0.05) is 18.2 Å². The highest BCUT2D eigenvalue weighted by atomic mass is 32.2. The Balaban J connectivity index is 2.12. The molecule has 7 heteroatoms. The Kier molecular flexibility index (Phi) is 4.87. The number of hydrogen-bond donors (Lipinski definition) is 1. The summed E-state index contributed by atoms with van der Waals surface area (Å²) in [4.78, 5) is 0. The van der Waals surface area contributed by atoms with Gasteiger partial charge >= 0.3 is 0 Å². The molecule has 0 aromatic heterocycles. The molecular weight excluding hydrogens is 315 g/mol. The first-order chi connectivity index (χ1) is 10.3. The van der Waals surface area contributed by atoms with Crippen LogP contribution in [0.1, 0.15) is 24.1 Å². The summed E-state index contributed by atoms with van der Waals surface area (Å²) in [6, 6.07) is 7.13. The summed E-state index contributed by atoms with van der Waals surface area (Å²) in [6.45, 7) is 1.46. The minimum absolute atomic E-state index is 0.0454. The fourth-order valence-electron chi connectivity index (χ4n) is 2.03. The summed E-state index contributed by atoms with van der Waals surface area (Å²) in [5.41, 5.74) is 0.449. The second-order valence-electron chi connectivity index (χ2n) is 4.89. The lowest BCUT2D eigenvalue weighted by Crippen LogP contribution is -2.28. The van der Waals surface area contributed by atoms with Crippen molar-refractivity contribution in [3.63, 3.8) is 0 Å². The molecule has 0 radical (unpaired) electrons. The summed E-state index contributed by atoms with van der Waals surface area (Å²) in [7, 11) is -3.75. The Hall–Kier alpha value is -1.86. The quantitative estimate of drug-likeness (QED) is 0.915. The van der Waals surface area contributed by atoms with Crippen molar-refractivity contribution in [2.75, 3.05) is 0 Å². The van der Waals surface area contributed by atoms with Gasteiger partial charge in [0.05, 0.1) is 5.75 Å². The average Bonchev–Trinajstić information content (AvgIpc) is 2.40. The second-order valence-corrected chi connectivity index (χ2v) is 6.64. The summed E-state index contributed by atoms with van der Waals surface area (Å²) < 4.78 is 65.7. The summed E-state index contributed by atoms with van der Waals surface area (Å²) in [5, 5.41) is 0. The smallest absolute Gasteiger partial charge is 0.212 e. The van der Waals surface area contributed by atoms with E-state index in [-0.39, 0.29) is 11.3 Å². The van der Waals surface area contributed by atoms with Gasteiger partial charge in [-0.25, -0.2) is 26.3 Å². The number of benzene rings is 2. The van der Waals surface area contributed by atoms with E-state index in [0.717, 1.165) is 18.2 Å². The topological polar surface area (TPSA) is 46.2 Å². The van der Waals surface area contributed by atoms with E-state index < -0.39 is 33.5 Å². The molecule has 2 aromatic carbocycles. The zero-order valence-electron chi connectivity index (χ0n) is 11.7. The van der Waals surface area contributed by atoms with Crippen molar-refractivity contribution in [2.45, 2.75) is 18.7 Å². The van der Waals surface area contributed by atoms with Gasteiger partial charge in [0.1, 0.15) is 17.5 Å². The first-order valence-electron chi connectivity index (χ1n) is 6.46. The van der Waals surface area contributed by atoms with E-state index in [9.17, 15) is 21.6 Å². The van der Waals surface area contributed by atoms with Crippen LogP contribution in [0.15, 0.2) is 42.5 Å². The molecule has 0 aliphatic carbocycles. The number of sulfonamides is 1. The molecule has 0 bridgehead atoms. The van der Waals surface area contributed by atoms with Crippen LogP contribution in [0.2, 0.25) is 0 Å². The third-order valence-electron chi connectivity index (χ3n) is 3.06. The largest absolute Gasteiger partial charge is 0.216 e. The molecule has 0 heterocycles. The van der Waals surface area contributed by atoms with Crippen LogP contribution < -0.4 is 4.72 Å². The second kappa shape index (κ2) is 6.50. The summed E-state index contributed by atoms with van der Waals surface area (Å²) in [5.74, 6) is -2.38. The molecule has 1 N–H and O–H groups in total. The molecule has 0 saturated heterocycles. The van der Waals surface area contributed by atoms with Crippen LogP contribution in [-0.4, -0.2) is 8.42 Å². The molecule has 0 spiro atoms. The minimum atomic E-state index is -3.75. The standard InChI is InChI=1S/C15H14F3NO2S/c1-10(14-7-6-13(17)8-15(14)18)19-22(20,21)9-11-2-4-12(16)5-3-11/h2-8,10,19H,9H2,1H3. The van der Waals surface area contributed by atoms with Crippen molar-refractivity contribution in [3.8, 4) is 0 Å². The molecule has 0 aliphatic heterocycles. The first-order valence-corrected chi connectivity index (χ1v) is 8.11. The van der Waals surface area contributed by atoms with Crippen molar-refractivity contribution >= 4 is 10.0 Å². The number of halogens is 3. The van der Waals surface area contributed by atoms with E-state index in [4.69, 9.17) is 0 Å². The van der Waals surface area contributed by atoms with Crippen LogP contribution in [0.3, 0.4) is 0 Å². The predicted octanol–water partition coefficient (Wildman–Crippen LogP) is 3.28. The van der Waals surface area contributed by atoms with E-state index >= 15 is 0 Å². The van der Waals surface area contributed by atoms with Crippen molar-refractivity contribution in [1.82, 2.24) is 4.72 Å². The molecule has 1 atom stereocenters. The molecule has 1 unspecified atom stereocenters. The Bertz CT molecular complexity index is 761. The average molecular weight is 329 g/mol. The SMILES string of the molecule is CC(NS(=O)(=O)Cc1ccc(F)cc1)c1ccc(F)cc1F. The molecule has 0 amide bonds. The fraction of sp³-hybridized carbons (Fsp3) is 0.200. The van der Waals surface area contributed by atoms with Crippen LogP contribution >= 0.6 is 0 Å². The molecule has 118 valence electrons. The van der Waals surface area contributed by atoms with Crippen LogP contribution in [0.25, 0.3) is 0 Å². The van der Waals surface area contributed by atoms with Gasteiger partial charge in [-0.05, 0) is 30.7 Å². The van der Waals surface area contributed by atoms with Crippen LogP contribution in [0.5, 0.6) is 0 Å². The van der Waals surface area contributed by atoms with Gasteiger partial charge in [0.15, 0.2) is 0 Å². The fourth-order valence-corrected chi connectivity index (χ4v) is 3.41. The number of rotatable bonds is 5. The molecule has 2 rings (SSSR count). The number of hydrogen-bond acceptors (Lipinski definition) is 2. The summed E-state index contributed by atoms with van der Waals surface area (Å²) >= 11 is 0. The minimum Gasteiger partial charge on any atom is -0.212 e. The van der Waals surface area contributed by atoms with E-state index in [1.165, 1.54) is 25.1 Å². The molecule has 2 aromatic rings. The predicted molar refractivity (Wildman–Crippen MR) is 76.9 cm³/mol. The highest BCUT2D eigenvalue weighted by Crippen LogP contribution is 2.19. The van der Waals surface area contributed by atoms with Gasteiger partial charge in [-0.15, -0.1) is 0 Å². The van der Waals surface area contributed by atoms with E-state index in [1.807, 2.05) is 0 Å². The lowest BCUT2D eigenvalue weighted by molar-refractivity contribution is 0.539. The monoisotopic (exact) mass is 329 g/mol. The zero-order chi connectivity index (χ0) is 16.3. The van der Waals surface area contributed by atoms with Gasteiger partial charge in [-0.2, -0.15) is 0 Å².